The van der Waals surface area contributed by atoms with E-state index in [-0.39, 0.29) is 11.5 Å². The van der Waals surface area contributed by atoms with E-state index in [9.17, 15) is 9.59 Å². The maximum absolute atomic E-state index is 13.1. The number of methoxy groups -OCH3 is 1. The van der Waals surface area contributed by atoms with Crippen molar-refractivity contribution in [3.8, 4) is 11.4 Å². The molecule has 1 aliphatic rings. The van der Waals surface area contributed by atoms with Crippen molar-refractivity contribution in [2.75, 3.05) is 26.7 Å². The van der Waals surface area contributed by atoms with Gasteiger partial charge >= 0.3 is 0 Å². The van der Waals surface area contributed by atoms with Crippen molar-refractivity contribution in [3.63, 3.8) is 0 Å². The number of benzene rings is 2. The molecule has 31 heavy (non-hydrogen) atoms. The highest BCUT2D eigenvalue weighted by molar-refractivity contribution is 6.06. The van der Waals surface area contributed by atoms with Gasteiger partial charge in [0, 0.05) is 41.8 Å². The minimum Gasteiger partial charge on any atom is -0.497 e. The number of aromatic nitrogens is 1. The van der Waals surface area contributed by atoms with Crippen molar-refractivity contribution in [1.82, 2.24) is 14.8 Å². The number of amides is 1. The number of ether oxygens (including phenoxy) is 1. The topological polar surface area (TPSA) is 63.6 Å². The van der Waals surface area contributed by atoms with Gasteiger partial charge in [0.15, 0.2) is 0 Å². The lowest BCUT2D eigenvalue weighted by atomic mass is 10.0. The van der Waals surface area contributed by atoms with Crippen LogP contribution in [0, 0.1) is 0 Å². The minimum atomic E-state index is -0.164. The summed E-state index contributed by atoms with van der Waals surface area (Å²) in [4.78, 5) is 28.7. The average Bonchev–Trinajstić information content (AvgIpc) is 2.81. The van der Waals surface area contributed by atoms with Gasteiger partial charge in [-0.3, -0.25) is 19.1 Å². The van der Waals surface area contributed by atoms with Gasteiger partial charge in [0.25, 0.3) is 11.5 Å². The molecule has 0 saturated carbocycles. The van der Waals surface area contributed by atoms with E-state index in [1.165, 1.54) is 23.8 Å². The van der Waals surface area contributed by atoms with Gasteiger partial charge in [0.05, 0.1) is 12.7 Å². The summed E-state index contributed by atoms with van der Waals surface area (Å²) in [5.74, 6) is 0.547. The lowest BCUT2D eigenvalue weighted by molar-refractivity contribution is 0.0939. The summed E-state index contributed by atoms with van der Waals surface area (Å²) in [6, 6.07) is 15.1. The molecule has 1 amide bonds. The van der Waals surface area contributed by atoms with E-state index < -0.39 is 0 Å². The smallest absolute Gasteiger partial charge is 0.262 e. The van der Waals surface area contributed by atoms with Crippen LogP contribution < -0.4 is 15.6 Å². The maximum Gasteiger partial charge on any atom is 0.262 e. The molecule has 1 aromatic heterocycles. The van der Waals surface area contributed by atoms with Crippen LogP contribution in [0.15, 0.2) is 59.5 Å². The summed E-state index contributed by atoms with van der Waals surface area (Å²) in [5, 5.41) is 4.25. The molecule has 3 aromatic rings. The third-order valence-corrected chi connectivity index (χ3v) is 6.15. The Bertz CT molecular complexity index is 1120. The fraction of sp³-hybridized carbons (Fsp3) is 0.360. The number of pyridine rings is 1. The Morgan fingerprint density at radius 2 is 1.84 bits per heavy atom. The number of hydrogen-bond donors (Lipinski definition) is 1. The third kappa shape index (κ3) is 4.49. The van der Waals surface area contributed by atoms with Crippen LogP contribution in [0.25, 0.3) is 16.5 Å². The molecular formula is C25H29N3O3. The SMILES string of the molecule is COc1ccc(-n2cc(C(=O)NCCN3CCCC[C@@H]3C)c3ccccc3c2=O)cc1. The zero-order valence-electron chi connectivity index (χ0n) is 18.1. The van der Waals surface area contributed by atoms with Gasteiger partial charge in [-0.25, -0.2) is 0 Å². The second kappa shape index (κ2) is 9.35. The summed E-state index contributed by atoms with van der Waals surface area (Å²) in [7, 11) is 1.60. The molecule has 6 nitrogen and oxygen atoms in total. The number of carbonyl (C=O) groups excluding carboxylic acids is 1. The largest absolute Gasteiger partial charge is 0.497 e. The number of nitrogens with zero attached hydrogens (tertiary/aromatic N) is 2. The van der Waals surface area contributed by atoms with E-state index in [1.54, 1.807) is 31.5 Å². The van der Waals surface area contributed by atoms with Crippen LogP contribution in [0.2, 0.25) is 0 Å². The Morgan fingerprint density at radius 3 is 2.55 bits per heavy atom. The molecule has 162 valence electrons. The highest BCUT2D eigenvalue weighted by atomic mass is 16.5. The quantitative estimate of drug-likeness (QED) is 0.663. The summed E-state index contributed by atoms with van der Waals surface area (Å²) in [6.45, 7) is 4.75. The number of rotatable bonds is 6. The van der Waals surface area contributed by atoms with Crippen LogP contribution in [0.3, 0.4) is 0 Å². The number of piperidine rings is 1. The van der Waals surface area contributed by atoms with Gasteiger partial charge in [-0.05, 0) is 56.6 Å². The first-order chi connectivity index (χ1) is 15.1. The van der Waals surface area contributed by atoms with Crippen LogP contribution in [0.1, 0.15) is 36.5 Å². The fourth-order valence-electron chi connectivity index (χ4n) is 4.31. The standard InChI is InChI=1S/C25H29N3O3/c1-18-7-5-6-15-27(18)16-14-26-24(29)23-17-28(19-10-12-20(31-2)13-11-19)25(30)22-9-4-3-8-21(22)23/h3-4,8-13,17-18H,5-7,14-16H2,1-2H3,(H,26,29)/t18-/m0/s1. The Labute approximate surface area is 182 Å². The van der Waals surface area contributed by atoms with Crippen molar-refractivity contribution in [2.24, 2.45) is 0 Å². The molecule has 0 unspecified atom stereocenters. The average molecular weight is 420 g/mol. The molecule has 0 radical (unpaired) electrons. The molecule has 1 atom stereocenters. The molecule has 6 heteroatoms. The highest BCUT2D eigenvalue weighted by Gasteiger charge is 2.19. The fourth-order valence-corrected chi connectivity index (χ4v) is 4.31. The Morgan fingerprint density at radius 1 is 1.10 bits per heavy atom. The van der Waals surface area contributed by atoms with Crippen molar-refractivity contribution in [1.29, 1.82) is 0 Å². The van der Waals surface area contributed by atoms with E-state index in [0.29, 0.717) is 40.4 Å². The highest BCUT2D eigenvalue weighted by Crippen LogP contribution is 2.20. The number of fused-ring (bicyclic) bond motifs is 1. The van der Waals surface area contributed by atoms with Crippen LogP contribution in [0.5, 0.6) is 5.75 Å². The van der Waals surface area contributed by atoms with Gasteiger partial charge in [-0.15, -0.1) is 0 Å². The van der Waals surface area contributed by atoms with Gasteiger partial charge in [0.2, 0.25) is 0 Å². The van der Waals surface area contributed by atoms with E-state index in [1.807, 2.05) is 30.3 Å². The van der Waals surface area contributed by atoms with Gasteiger partial charge in [-0.1, -0.05) is 24.6 Å². The molecule has 4 rings (SSSR count). The van der Waals surface area contributed by atoms with Gasteiger partial charge < -0.3 is 10.1 Å². The van der Waals surface area contributed by atoms with E-state index in [0.717, 1.165) is 13.1 Å². The second-order valence-corrected chi connectivity index (χ2v) is 8.10. The number of likely N-dealkylation sites (tertiary alicyclic amines) is 1. The summed E-state index contributed by atoms with van der Waals surface area (Å²) in [6.07, 6.45) is 5.36. The van der Waals surface area contributed by atoms with Crippen LogP contribution >= 0.6 is 0 Å². The third-order valence-electron chi connectivity index (χ3n) is 6.15. The predicted octanol–water partition coefficient (Wildman–Crippen LogP) is 3.60. The molecule has 1 aliphatic heterocycles. The molecule has 1 N–H and O–H groups in total. The van der Waals surface area contributed by atoms with E-state index >= 15 is 0 Å². The lowest BCUT2D eigenvalue weighted by Crippen LogP contribution is -2.42. The van der Waals surface area contributed by atoms with Crippen molar-refractivity contribution >= 4 is 16.7 Å². The first-order valence-electron chi connectivity index (χ1n) is 10.9. The number of carbonyl (C=O) groups is 1. The predicted molar refractivity (Wildman–Crippen MR) is 123 cm³/mol. The molecule has 1 saturated heterocycles. The van der Waals surface area contributed by atoms with E-state index in [2.05, 4.69) is 17.1 Å². The molecule has 0 aliphatic carbocycles. The lowest BCUT2D eigenvalue weighted by Gasteiger charge is -2.33. The molecule has 0 spiro atoms. The Kier molecular flexibility index (Phi) is 6.37. The zero-order chi connectivity index (χ0) is 21.8. The van der Waals surface area contributed by atoms with Gasteiger partial charge in [-0.2, -0.15) is 0 Å². The van der Waals surface area contributed by atoms with Crippen molar-refractivity contribution in [3.05, 3.63) is 70.6 Å². The maximum atomic E-state index is 13.1. The summed E-state index contributed by atoms with van der Waals surface area (Å²) in [5.41, 5.74) is 1.03. The Hall–Kier alpha value is -3.12. The van der Waals surface area contributed by atoms with Crippen LogP contribution in [-0.4, -0.2) is 48.2 Å². The first kappa shape index (κ1) is 21.1. The minimum absolute atomic E-state index is 0.153. The normalized spacial score (nSPS) is 16.9. The molecule has 0 bridgehead atoms. The first-order valence-corrected chi connectivity index (χ1v) is 10.9. The monoisotopic (exact) mass is 419 g/mol. The molecular weight excluding hydrogens is 390 g/mol. The molecule has 2 heterocycles. The Balaban J connectivity index is 1.62. The number of nitrogens with one attached hydrogen (secondary N) is 1. The number of hydrogen-bond acceptors (Lipinski definition) is 4. The van der Waals surface area contributed by atoms with Crippen molar-refractivity contribution in [2.45, 2.75) is 32.2 Å². The van der Waals surface area contributed by atoms with E-state index in [4.69, 9.17) is 4.74 Å². The summed E-state index contributed by atoms with van der Waals surface area (Å²) >= 11 is 0. The molecule has 2 aromatic carbocycles. The van der Waals surface area contributed by atoms with Crippen LogP contribution in [-0.2, 0) is 0 Å². The van der Waals surface area contributed by atoms with Crippen LogP contribution in [0.4, 0.5) is 0 Å². The second-order valence-electron chi connectivity index (χ2n) is 8.10. The van der Waals surface area contributed by atoms with Gasteiger partial charge in [0.1, 0.15) is 5.75 Å². The zero-order valence-corrected chi connectivity index (χ0v) is 18.1. The van der Waals surface area contributed by atoms with Crippen molar-refractivity contribution < 1.29 is 9.53 Å². The summed E-state index contributed by atoms with van der Waals surface area (Å²) < 4.78 is 6.74. The molecule has 1 fully saturated rings.